The fourth-order valence-electron chi connectivity index (χ4n) is 0.974. The van der Waals surface area contributed by atoms with E-state index in [1.54, 1.807) is 18.2 Å². The topological polar surface area (TPSA) is 55.1 Å². The maximum absolute atomic E-state index is 11.6. The van der Waals surface area contributed by atoms with Gasteiger partial charge in [-0.15, -0.1) is 0 Å². The number of nitrogens with one attached hydrogen (secondary N) is 1. The van der Waals surface area contributed by atoms with E-state index in [1.807, 2.05) is 13.2 Å². The van der Waals surface area contributed by atoms with Gasteiger partial charge in [-0.1, -0.05) is 11.6 Å². The molecule has 1 unspecified atom stereocenters. The molecule has 0 aromatic heterocycles. The smallest absolute Gasteiger partial charge is 0.237 e. The van der Waals surface area contributed by atoms with Gasteiger partial charge in [-0.3, -0.25) is 4.79 Å². The fourth-order valence-corrected chi connectivity index (χ4v) is 1.48. The number of hydrogen-bond donors (Lipinski definition) is 2. The summed E-state index contributed by atoms with van der Waals surface area (Å²) in [5.41, 5.74) is 6.72. The summed E-state index contributed by atoms with van der Waals surface area (Å²) in [5.74, 6) is -0.0610. The number of rotatable bonds is 3. The van der Waals surface area contributed by atoms with Crippen LogP contribution >= 0.6 is 23.4 Å². The lowest BCUT2D eigenvalue weighted by molar-refractivity contribution is -0.115. The predicted octanol–water partition coefficient (Wildman–Crippen LogP) is 2.61. The summed E-state index contributed by atoms with van der Waals surface area (Å²) in [6.07, 6.45) is 1.88. The Morgan fingerprint density at radius 1 is 1.60 bits per heavy atom. The van der Waals surface area contributed by atoms with Crippen molar-refractivity contribution in [2.24, 2.45) is 0 Å². The van der Waals surface area contributed by atoms with Crippen LogP contribution in [-0.2, 0) is 4.79 Å². The summed E-state index contributed by atoms with van der Waals surface area (Å²) in [6.45, 7) is 1.84. The van der Waals surface area contributed by atoms with Crippen molar-refractivity contribution in [3.8, 4) is 0 Å². The van der Waals surface area contributed by atoms with E-state index in [-0.39, 0.29) is 11.2 Å². The molecule has 0 spiro atoms. The van der Waals surface area contributed by atoms with Crippen molar-refractivity contribution >= 4 is 40.6 Å². The van der Waals surface area contributed by atoms with Crippen LogP contribution in [0.4, 0.5) is 11.4 Å². The predicted molar refractivity (Wildman–Crippen MR) is 67.5 cm³/mol. The van der Waals surface area contributed by atoms with Gasteiger partial charge in [0.2, 0.25) is 5.91 Å². The fraction of sp³-hybridized carbons (Fsp3) is 0.300. The first-order valence-electron chi connectivity index (χ1n) is 4.43. The maximum Gasteiger partial charge on any atom is 0.237 e. The molecule has 3 nitrogen and oxygen atoms in total. The first-order valence-corrected chi connectivity index (χ1v) is 6.10. The highest BCUT2D eigenvalue weighted by atomic mass is 35.5. The Balaban J connectivity index is 2.77. The van der Waals surface area contributed by atoms with Crippen molar-refractivity contribution in [2.45, 2.75) is 12.2 Å². The highest BCUT2D eigenvalue weighted by Crippen LogP contribution is 2.24. The minimum absolute atomic E-state index is 0.0610. The van der Waals surface area contributed by atoms with Gasteiger partial charge in [-0.25, -0.2) is 0 Å². The zero-order chi connectivity index (χ0) is 11.4. The third kappa shape index (κ3) is 3.32. The average Bonchev–Trinajstić information content (AvgIpc) is 2.20. The van der Waals surface area contributed by atoms with Gasteiger partial charge >= 0.3 is 0 Å². The zero-order valence-electron chi connectivity index (χ0n) is 8.58. The molecule has 0 fully saturated rings. The summed E-state index contributed by atoms with van der Waals surface area (Å²) in [6, 6.07) is 5.01. The van der Waals surface area contributed by atoms with Gasteiger partial charge in [0, 0.05) is 5.69 Å². The van der Waals surface area contributed by atoms with Crippen molar-refractivity contribution in [1.29, 1.82) is 0 Å². The molecular weight excluding hydrogens is 232 g/mol. The number of carbonyl (C=O) groups excluding carboxylic acids is 1. The molecule has 0 aliphatic carbocycles. The van der Waals surface area contributed by atoms with E-state index in [0.717, 1.165) is 0 Å². The minimum atomic E-state index is -0.0985. The number of anilines is 2. The Kier molecular flexibility index (Phi) is 4.29. The normalized spacial score (nSPS) is 12.2. The van der Waals surface area contributed by atoms with Crippen molar-refractivity contribution in [2.75, 3.05) is 17.3 Å². The number of nitrogens with two attached hydrogens (primary N) is 1. The average molecular weight is 245 g/mol. The lowest BCUT2D eigenvalue weighted by atomic mass is 10.2. The van der Waals surface area contributed by atoms with Crippen molar-refractivity contribution in [3.05, 3.63) is 23.2 Å². The molecule has 0 heterocycles. The Bertz CT molecular complexity index is 370. The van der Waals surface area contributed by atoms with Crippen LogP contribution in [-0.4, -0.2) is 17.4 Å². The molecular formula is C10H13ClN2OS. The van der Waals surface area contributed by atoms with E-state index >= 15 is 0 Å². The van der Waals surface area contributed by atoms with E-state index < -0.39 is 0 Å². The SMILES string of the molecule is CSC(C)C(=O)Nc1ccc(N)cc1Cl. The molecule has 1 atom stereocenters. The Labute approximate surface area is 98.4 Å². The summed E-state index contributed by atoms with van der Waals surface area (Å²) in [4.78, 5) is 11.6. The number of halogens is 1. The van der Waals surface area contributed by atoms with Gasteiger partial charge in [-0.05, 0) is 31.4 Å². The maximum atomic E-state index is 11.6. The van der Waals surface area contributed by atoms with Crippen LogP contribution in [0, 0.1) is 0 Å². The molecule has 1 amide bonds. The number of amides is 1. The number of thioether (sulfide) groups is 1. The quantitative estimate of drug-likeness (QED) is 0.804. The summed E-state index contributed by atoms with van der Waals surface area (Å²) in [7, 11) is 0. The Morgan fingerprint density at radius 3 is 2.80 bits per heavy atom. The molecule has 82 valence electrons. The molecule has 1 aromatic carbocycles. The van der Waals surface area contributed by atoms with E-state index in [0.29, 0.717) is 16.4 Å². The Hall–Kier alpha value is -0.870. The molecule has 0 bridgehead atoms. The van der Waals surface area contributed by atoms with Gasteiger partial charge < -0.3 is 11.1 Å². The molecule has 0 aliphatic rings. The summed E-state index contributed by atoms with van der Waals surface area (Å²) < 4.78 is 0. The summed E-state index contributed by atoms with van der Waals surface area (Å²) >= 11 is 7.40. The van der Waals surface area contributed by atoms with Gasteiger partial charge in [0.15, 0.2) is 0 Å². The molecule has 1 rings (SSSR count). The van der Waals surface area contributed by atoms with Crippen LogP contribution in [0.25, 0.3) is 0 Å². The van der Waals surface area contributed by atoms with Gasteiger partial charge in [0.1, 0.15) is 0 Å². The van der Waals surface area contributed by atoms with Crippen molar-refractivity contribution in [3.63, 3.8) is 0 Å². The minimum Gasteiger partial charge on any atom is -0.399 e. The van der Waals surface area contributed by atoms with E-state index in [9.17, 15) is 4.79 Å². The molecule has 1 aromatic rings. The third-order valence-corrected chi connectivity index (χ3v) is 3.21. The van der Waals surface area contributed by atoms with Crippen LogP contribution in [0.2, 0.25) is 5.02 Å². The molecule has 0 aliphatic heterocycles. The van der Waals surface area contributed by atoms with Crippen LogP contribution in [0.3, 0.4) is 0 Å². The number of carbonyl (C=O) groups is 1. The number of nitrogen functional groups attached to an aromatic ring is 1. The molecule has 15 heavy (non-hydrogen) atoms. The number of benzene rings is 1. The molecule has 0 radical (unpaired) electrons. The monoisotopic (exact) mass is 244 g/mol. The lowest BCUT2D eigenvalue weighted by Gasteiger charge is -2.11. The van der Waals surface area contributed by atoms with Crippen LogP contribution < -0.4 is 11.1 Å². The third-order valence-electron chi connectivity index (χ3n) is 1.97. The highest BCUT2D eigenvalue weighted by Gasteiger charge is 2.12. The van der Waals surface area contributed by atoms with Gasteiger partial charge in [0.05, 0.1) is 16.0 Å². The second kappa shape index (κ2) is 5.28. The lowest BCUT2D eigenvalue weighted by Crippen LogP contribution is -2.22. The first kappa shape index (κ1) is 12.2. The highest BCUT2D eigenvalue weighted by molar-refractivity contribution is 7.99. The molecule has 0 saturated carbocycles. The molecule has 0 saturated heterocycles. The van der Waals surface area contributed by atoms with Crippen LogP contribution in [0.1, 0.15) is 6.92 Å². The largest absolute Gasteiger partial charge is 0.399 e. The standard InChI is InChI=1S/C10H13ClN2OS/c1-6(15-2)10(14)13-9-4-3-7(12)5-8(9)11/h3-6H,12H2,1-2H3,(H,13,14). The van der Waals surface area contributed by atoms with Gasteiger partial charge in [-0.2, -0.15) is 11.8 Å². The Morgan fingerprint density at radius 2 is 2.27 bits per heavy atom. The van der Waals surface area contributed by atoms with Crippen LogP contribution in [0.5, 0.6) is 0 Å². The second-order valence-electron chi connectivity index (χ2n) is 3.11. The summed E-state index contributed by atoms with van der Waals surface area (Å²) in [5, 5.41) is 3.10. The van der Waals surface area contributed by atoms with Gasteiger partial charge in [0.25, 0.3) is 0 Å². The van der Waals surface area contributed by atoms with E-state index in [1.165, 1.54) is 11.8 Å². The van der Waals surface area contributed by atoms with Crippen LogP contribution in [0.15, 0.2) is 18.2 Å². The number of hydrogen-bond acceptors (Lipinski definition) is 3. The first-order chi connectivity index (χ1) is 7.04. The zero-order valence-corrected chi connectivity index (χ0v) is 10.2. The van der Waals surface area contributed by atoms with Crippen molar-refractivity contribution < 1.29 is 4.79 Å². The van der Waals surface area contributed by atoms with E-state index in [2.05, 4.69) is 5.32 Å². The van der Waals surface area contributed by atoms with E-state index in [4.69, 9.17) is 17.3 Å². The molecule has 5 heteroatoms. The second-order valence-corrected chi connectivity index (χ2v) is 4.69. The van der Waals surface area contributed by atoms with Crippen molar-refractivity contribution in [1.82, 2.24) is 0 Å². The molecule has 3 N–H and O–H groups in total.